The number of ketones is 1. The number of Topliss-reactive ketones (excluding diaryl/α,β-unsaturated/α-hetero) is 1. The molecule has 156 valence electrons. The molecule has 0 spiro atoms. The smallest absolute Gasteiger partial charge is 0.231 e. The number of carbonyl (C=O) groups excluding carboxylic acids is 2. The first-order chi connectivity index (χ1) is 14.6. The number of benzene rings is 2. The number of hydrogen-bond donors (Lipinski definition) is 0. The van der Waals surface area contributed by atoms with E-state index in [9.17, 15) is 9.59 Å². The summed E-state index contributed by atoms with van der Waals surface area (Å²) in [5, 5.41) is 0. The monoisotopic (exact) mass is 420 g/mol. The Hall–Kier alpha value is -2.11. The quantitative estimate of drug-likeness (QED) is 0.600. The minimum atomic E-state index is 0.0270. The maximum atomic E-state index is 13.8. The molecule has 4 nitrogen and oxygen atoms in total. The van der Waals surface area contributed by atoms with Crippen LogP contribution in [0, 0.1) is 5.92 Å². The summed E-state index contributed by atoms with van der Waals surface area (Å²) >= 11 is 1.67. The van der Waals surface area contributed by atoms with Crippen LogP contribution in [0.2, 0.25) is 0 Å². The van der Waals surface area contributed by atoms with Gasteiger partial charge < -0.3 is 4.90 Å². The summed E-state index contributed by atoms with van der Waals surface area (Å²) in [4.78, 5) is 32.4. The average Bonchev–Trinajstić information content (AvgIpc) is 2.77. The highest BCUT2D eigenvalue weighted by atomic mass is 32.2. The van der Waals surface area contributed by atoms with Crippen molar-refractivity contribution < 1.29 is 9.59 Å². The van der Waals surface area contributed by atoms with Crippen LogP contribution >= 0.6 is 11.8 Å². The highest BCUT2D eigenvalue weighted by Gasteiger charge is 2.36. The summed E-state index contributed by atoms with van der Waals surface area (Å²) in [6.45, 7) is 3.95. The minimum Gasteiger partial charge on any atom is -0.300 e. The van der Waals surface area contributed by atoms with Crippen LogP contribution in [-0.2, 0) is 4.79 Å². The summed E-state index contributed by atoms with van der Waals surface area (Å²) in [6, 6.07) is 14.4. The molecule has 3 aliphatic rings. The summed E-state index contributed by atoms with van der Waals surface area (Å²) < 4.78 is 0. The molecule has 1 amide bonds. The average molecular weight is 421 g/mol. The van der Waals surface area contributed by atoms with Crippen LogP contribution in [0.4, 0.5) is 11.4 Å². The third-order valence-electron chi connectivity index (χ3n) is 6.85. The zero-order valence-corrected chi connectivity index (χ0v) is 18.3. The molecule has 2 fully saturated rings. The van der Waals surface area contributed by atoms with Crippen molar-refractivity contribution in [2.45, 2.75) is 61.3 Å². The number of fused-ring (bicyclic) bond motifs is 3. The molecule has 3 aliphatic heterocycles. The molecule has 0 radical (unpaired) electrons. The van der Waals surface area contributed by atoms with Crippen LogP contribution in [0.25, 0.3) is 0 Å². The lowest BCUT2D eigenvalue weighted by Gasteiger charge is -2.44. The SMILES string of the molecule is CC(=O)c1ccc2c(c1)N(C(=O)CC1CCCN3CCCCC13)c1ccccc1S2. The zero-order chi connectivity index (χ0) is 20.7. The Morgan fingerprint density at radius 2 is 1.77 bits per heavy atom. The first-order valence-corrected chi connectivity index (χ1v) is 11.9. The summed E-state index contributed by atoms with van der Waals surface area (Å²) in [6.07, 6.45) is 6.68. The number of nitrogens with zero attached hydrogens (tertiary/aromatic N) is 2. The summed E-state index contributed by atoms with van der Waals surface area (Å²) in [7, 11) is 0. The first kappa shape index (κ1) is 19.8. The van der Waals surface area contributed by atoms with E-state index in [2.05, 4.69) is 11.0 Å². The third-order valence-corrected chi connectivity index (χ3v) is 7.98. The van der Waals surface area contributed by atoms with E-state index in [1.165, 1.54) is 38.8 Å². The predicted molar refractivity (Wildman–Crippen MR) is 121 cm³/mol. The number of carbonyl (C=O) groups is 2. The second kappa shape index (κ2) is 8.20. The van der Waals surface area contributed by atoms with E-state index in [4.69, 9.17) is 0 Å². The van der Waals surface area contributed by atoms with Gasteiger partial charge in [0, 0.05) is 27.8 Å². The zero-order valence-electron chi connectivity index (χ0n) is 17.5. The number of hydrogen-bond acceptors (Lipinski definition) is 4. The molecule has 2 aromatic carbocycles. The van der Waals surface area contributed by atoms with Gasteiger partial charge in [-0.2, -0.15) is 0 Å². The van der Waals surface area contributed by atoms with Gasteiger partial charge in [-0.05, 0) is 75.9 Å². The van der Waals surface area contributed by atoms with Gasteiger partial charge in [-0.3, -0.25) is 14.5 Å². The fourth-order valence-corrected chi connectivity index (χ4v) is 6.41. The topological polar surface area (TPSA) is 40.6 Å². The van der Waals surface area contributed by atoms with Crippen LogP contribution in [0.15, 0.2) is 52.3 Å². The Kier molecular flexibility index (Phi) is 5.42. The van der Waals surface area contributed by atoms with Crippen LogP contribution in [0.3, 0.4) is 0 Å². The van der Waals surface area contributed by atoms with Gasteiger partial charge >= 0.3 is 0 Å². The Morgan fingerprint density at radius 3 is 2.63 bits per heavy atom. The van der Waals surface area contributed by atoms with Crippen LogP contribution in [0.1, 0.15) is 55.8 Å². The highest BCUT2D eigenvalue weighted by Crippen LogP contribution is 2.49. The van der Waals surface area contributed by atoms with Gasteiger partial charge in [0.1, 0.15) is 0 Å². The van der Waals surface area contributed by atoms with Gasteiger partial charge in [0.2, 0.25) is 5.91 Å². The number of anilines is 2. The molecule has 5 heteroatoms. The van der Waals surface area contributed by atoms with Gasteiger partial charge in [-0.15, -0.1) is 0 Å². The number of piperidine rings is 2. The van der Waals surface area contributed by atoms with E-state index in [-0.39, 0.29) is 11.7 Å². The van der Waals surface area contributed by atoms with E-state index >= 15 is 0 Å². The molecule has 0 aromatic heterocycles. The minimum absolute atomic E-state index is 0.0270. The molecule has 2 aromatic rings. The van der Waals surface area contributed by atoms with E-state index in [1.54, 1.807) is 18.7 Å². The van der Waals surface area contributed by atoms with Crippen LogP contribution < -0.4 is 4.90 Å². The lowest BCUT2D eigenvalue weighted by Crippen LogP contribution is -2.49. The number of para-hydroxylation sites is 1. The van der Waals surface area contributed by atoms with Crippen molar-refractivity contribution in [1.82, 2.24) is 4.90 Å². The molecule has 2 saturated heterocycles. The fourth-order valence-electron chi connectivity index (χ4n) is 5.37. The molecule has 2 atom stereocenters. The molecular weight excluding hydrogens is 392 g/mol. The molecular formula is C25H28N2O2S. The second-order valence-corrected chi connectivity index (χ2v) is 9.83. The van der Waals surface area contributed by atoms with Crippen LogP contribution in [-0.4, -0.2) is 35.7 Å². The Morgan fingerprint density at radius 1 is 0.967 bits per heavy atom. The molecule has 3 heterocycles. The van der Waals surface area contributed by atoms with E-state index < -0.39 is 0 Å². The van der Waals surface area contributed by atoms with Gasteiger partial charge in [0.15, 0.2) is 5.78 Å². The van der Waals surface area contributed by atoms with Gasteiger partial charge in [0.25, 0.3) is 0 Å². The van der Waals surface area contributed by atoms with Crippen LogP contribution in [0.5, 0.6) is 0 Å². The van der Waals surface area contributed by atoms with Crippen molar-refractivity contribution in [3.8, 4) is 0 Å². The van der Waals surface area contributed by atoms with E-state index in [1.807, 2.05) is 41.3 Å². The number of amides is 1. The fraction of sp³-hybridized carbons (Fsp3) is 0.440. The standard InChI is InChI=1S/C25H28N2O2S/c1-17(28)18-11-12-24-22(15-18)27(21-9-2-3-10-23(21)30-24)25(29)16-19-7-6-14-26-13-5-4-8-20(19)26/h2-3,9-12,15,19-20H,4-8,13-14,16H2,1H3. The molecule has 0 N–H and O–H groups in total. The lowest BCUT2D eigenvalue weighted by molar-refractivity contribution is -0.120. The van der Waals surface area contributed by atoms with Crippen molar-refractivity contribution >= 4 is 34.8 Å². The van der Waals surface area contributed by atoms with Gasteiger partial charge in [-0.1, -0.05) is 36.4 Å². The van der Waals surface area contributed by atoms with Crippen molar-refractivity contribution in [1.29, 1.82) is 0 Å². The second-order valence-electron chi connectivity index (χ2n) is 8.74. The van der Waals surface area contributed by atoms with E-state index in [0.717, 1.165) is 27.6 Å². The summed E-state index contributed by atoms with van der Waals surface area (Å²) in [5.74, 6) is 0.606. The lowest BCUT2D eigenvalue weighted by atomic mass is 9.81. The summed E-state index contributed by atoms with van der Waals surface area (Å²) in [5.41, 5.74) is 2.45. The van der Waals surface area contributed by atoms with Crippen molar-refractivity contribution in [2.24, 2.45) is 5.92 Å². The predicted octanol–water partition coefficient (Wildman–Crippen LogP) is 5.67. The van der Waals surface area contributed by atoms with Crippen molar-refractivity contribution in [2.75, 3.05) is 18.0 Å². The third kappa shape index (κ3) is 3.58. The Balaban J connectivity index is 1.49. The largest absolute Gasteiger partial charge is 0.300 e. The van der Waals surface area contributed by atoms with E-state index in [0.29, 0.717) is 23.9 Å². The van der Waals surface area contributed by atoms with Gasteiger partial charge in [-0.25, -0.2) is 0 Å². The Labute approximate surface area is 182 Å². The molecule has 0 saturated carbocycles. The molecule has 2 unspecified atom stereocenters. The normalized spacial score (nSPS) is 23.3. The maximum absolute atomic E-state index is 13.8. The van der Waals surface area contributed by atoms with Crippen molar-refractivity contribution in [3.05, 3.63) is 48.0 Å². The molecule has 5 rings (SSSR count). The first-order valence-electron chi connectivity index (χ1n) is 11.1. The molecule has 30 heavy (non-hydrogen) atoms. The maximum Gasteiger partial charge on any atom is 0.231 e. The van der Waals surface area contributed by atoms with Crippen molar-refractivity contribution in [3.63, 3.8) is 0 Å². The number of rotatable bonds is 3. The van der Waals surface area contributed by atoms with Gasteiger partial charge in [0.05, 0.1) is 11.4 Å². The Bertz CT molecular complexity index is 987. The molecule has 0 aliphatic carbocycles. The highest BCUT2D eigenvalue weighted by molar-refractivity contribution is 7.99. The molecule has 0 bridgehead atoms.